The average molecular weight is 253 g/mol. The Morgan fingerprint density at radius 3 is 2.84 bits per heavy atom. The minimum atomic E-state index is -0.578. The summed E-state index contributed by atoms with van der Waals surface area (Å²) in [4.78, 5) is 4.56. The third kappa shape index (κ3) is 2.51. The van der Waals surface area contributed by atoms with Gasteiger partial charge in [0.15, 0.2) is 0 Å². The Balaban J connectivity index is 1.84. The highest BCUT2D eigenvalue weighted by Gasteiger charge is 2.12. The number of aryl methyl sites for hydroxylation is 1. The van der Waals surface area contributed by atoms with Gasteiger partial charge in [0.05, 0.1) is 17.9 Å². The van der Waals surface area contributed by atoms with Crippen molar-refractivity contribution in [3.05, 3.63) is 65.7 Å². The number of hydrogen-bond donors (Lipinski definition) is 1. The van der Waals surface area contributed by atoms with Crippen LogP contribution in [0.2, 0.25) is 0 Å². The van der Waals surface area contributed by atoms with E-state index in [0.717, 1.165) is 27.9 Å². The number of aliphatic hydroxyl groups is 1. The summed E-state index contributed by atoms with van der Waals surface area (Å²) in [5, 5.41) is 11.3. The van der Waals surface area contributed by atoms with E-state index in [1.54, 1.807) is 6.26 Å². The first-order chi connectivity index (χ1) is 9.22. The molecule has 19 heavy (non-hydrogen) atoms. The van der Waals surface area contributed by atoms with Crippen molar-refractivity contribution in [3.63, 3.8) is 0 Å². The summed E-state index contributed by atoms with van der Waals surface area (Å²) < 4.78 is 5.21. The van der Waals surface area contributed by atoms with E-state index >= 15 is 0 Å². The quantitative estimate of drug-likeness (QED) is 0.778. The van der Waals surface area contributed by atoms with E-state index < -0.39 is 6.10 Å². The lowest BCUT2D eigenvalue weighted by Gasteiger charge is -2.08. The third-order valence-corrected chi connectivity index (χ3v) is 3.19. The minimum absolute atomic E-state index is 0.490. The van der Waals surface area contributed by atoms with Crippen molar-refractivity contribution in [1.82, 2.24) is 4.98 Å². The smallest absolute Gasteiger partial charge is 0.101 e. The molecule has 3 rings (SSSR count). The lowest BCUT2D eigenvalue weighted by Crippen LogP contribution is -2.02. The maximum Gasteiger partial charge on any atom is 0.101 e. The predicted octanol–water partition coefficient (Wildman–Crippen LogP) is 3.41. The topological polar surface area (TPSA) is 46.3 Å². The van der Waals surface area contributed by atoms with Gasteiger partial charge >= 0.3 is 0 Å². The van der Waals surface area contributed by atoms with Crippen molar-refractivity contribution < 1.29 is 9.52 Å². The van der Waals surface area contributed by atoms with Crippen LogP contribution in [0.1, 0.15) is 23.1 Å². The molecule has 3 nitrogen and oxygen atoms in total. The number of hydrogen-bond acceptors (Lipinski definition) is 3. The molecular weight excluding hydrogens is 238 g/mol. The van der Waals surface area contributed by atoms with Gasteiger partial charge in [0.2, 0.25) is 0 Å². The Hall–Kier alpha value is -2.13. The van der Waals surface area contributed by atoms with Gasteiger partial charge in [-0.05, 0) is 25.1 Å². The molecule has 0 saturated heterocycles. The van der Waals surface area contributed by atoms with Crippen LogP contribution in [0, 0.1) is 6.92 Å². The summed E-state index contributed by atoms with van der Waals surface area (Å²) >= 11 is 0. The Bertz CT molecular complexity index is 703. The molecule has 2 heterocycles. The van der Waals surface area contributed by atoms with Crippen LogP contribution in [0.15, 0.2) is 53.1 Å². The molecule has 0 aliphatic heterocycles. The zero-order valence-electron chi connectivity index (χ0n) is 10.7. The number of furan rings is 1. The number of aliphatic hydroxyl groups excluding tert-OH is 1. The molecule has 0 amide bonds. The Labute approximate surface area is 111 Å². The molecule has 1 aromatic carbocycles. The molecule has 3 heteroatoms. The van der Waals surface area contributed by atoms with Crippen molar-refractivity contribution in [2.24, 2.45) is 0 Å². The first-order valence-corrected chi connectivity index (χ1v) is 6.30. The van der Waals surface area contributed by atoms with E-state index in [9.17, 15) is 5.11 Å². The van der Waals surface area contributed by atoms with Crippen LogP contribution in [-0.4, -0.2) is 10.1 Å². The van der Waals surface area contributed by atoms with E-state index in [2.05, 4.69) is 4.98 Å². The van der Waals surface area contributed by atoms with Gasteiger partial charge < -0.3 is 9.52 Å². The lowest BCUT2D eigenvalue weighted by molar-refractivity contribution is 0.176. The SMILES string of the molecule is Cc1cc(C(O)Cc2ccc3ccccc3n2)co1. The van der Waals surface area contributed by atoms with Crippen molar-refractivity contribution in [2.75, 3.05) is 0 Å². The van der Waals surface area contributed by atoms with Crippen molar-refractivity contribution in [2.45, 2.75) is 19.4 Å². The Kier molecular flexibility index (Phi) is 3.05. The van der Waals surface area contributed by atoms with E-state index in [4.69, 9.17) is 4.42 Å². The van der Waals surface area contributed by atoms with Crippen molar-refractivity contribution >= 4 is 10.9 Å². The Morgan fingerprint density at radius 1 is 1.21 bits per heavy atom. The number of pyridine rings is 1. The van der Waals surface area contributed by atoms with Gasteiger partial charge in [0.1, 0.15) is 5.76 Å². The second-order valence-electron chi connectivity index (χ2n) is 4.71. The van der Waals surface area contributed by atoms with Crippen molar-refractivity contribution in [3.8, 4) is 0 Å². The highest BCUT2D eigenvalue weighted by Crippen LogP contribution is 2.21. The number of nitrogens with zero attached hydrogens (tertiary/aromatic N) is 1. The van der Waals surface area contributed by atoms with Gasteiger partial charge in [-0.3, -0.25) is 4.98 Å². The van der Waals surface area contributed by atoms with Gasteiger partial charge in [-0.25, -0.2) is 0 Å². The van der Waals surface area contributed by atoms with Gasteiger partial charge in [0.25, 0.3) is 0 Å². The number of para-hydroxylation sites is 1. The summed E-state index contributed by atoms with van der Waals surface area (Å²) in [7, 11) is 0. The number of rotatable bonds is 3. The molecule has 0 bridgehead atoms. The average Bonchev–Trinajstić information content (AvgIpc) is 2.85. The molecule has 3 aromatic rings. The first kappa shape index (κ1) is 11.9. The molecule has 0 radical (unpaired) electrons. The van der Waals surface area contributed by atoms with E-state index in [1.165, 1.54) is 0 Å². The van der Waals surface area contributed by atoms with Gasteiger partial charge in [-0.2, -0.15) is 0 Å². The second kappa shape index (κ2) is 4.86. The van der Waals surface area contributed by atoms with E-state index in [-0.39, 0.29) is 0 Å². The van der Waals surface area contributed by atoms with Crippen LogP contribution < -0.4 is 0 Å². The molecule has 1 unspecified atom stereocenters. The van der Waals surface area contributed by atoms with Gasteiger partial charge in [0, 0.05) is 23.1 Å². The molecule has 0 spiro atoms. The summed E-state index contributed by atoms with van der Waals surface area (Å²) in [5.41, 5.74) is 2.63. The molecule has 0 fully saturated rings. The largest absolute Gasteiger partial charge is 0.469 e. The van der Waals surface area contributed by atoms with Gasteiger partial charge in [-0.1, -0.05) is 24.3 Å². The third-order valence-electron chi connectivity index (χ3n) is 3.19. The maximum atomic E-state index is 10.2. The monoisotopic (exact) mass is 253 g/mol. The predicted molar refractivity (Wildman–Crippen MR) is 73.9 cm³/mol. The van der Waals surface area contributed by atoms with Crippen LogP contribution in [0.3, 0.4) is 0 Å². The summed E-state index contributed by atoms with van der Waals surface area (Å²) in [6.45, 7) is 1.87. The first-order valence-electron chi connectivity index (χ1n) is 6.30. The molecule has 1 atom stereocenters. The summed E-state index contributed by atoms with van der Waals surface area (Å²) in [5.74, 6) is 0.806. The molecule has 0 aliphatic carbocycles. The van der Waals surface area contributed by atoms with Crippen LogP contribution in [-0.2, 0) is 6.42 Å². The van der Waals surface area contributed by atoms with Crippen LogP contribution >= 0.6 is 0 Å². The fourth-order valence-corrected chi connectivity index (χ4v) is 2.18. The van der Waals surface area contributed by atoms with Crippen LogP contribution in [0.5, 0.6) is 0 Å². The maximum absolute atomic E-state index is 10.2. The molecule has 1 N–H and O–H groups in total. The number of aromatic nitrogens is 1. The summed E-state index contributed by atoms with van der Waals surface area (Å²) in [6, 6.07) is 13.8. The molecular formula is C16H15NO2. The summed E-state index contributed by atoms with van der Waals surface area (Å²) in [6.07, 6.45) is 1.51. The number of benzene rings is 1. The van der Waals surface area contributed by atoms with E-state index in [1.807, 2.05) is 49.4 Å². The molecule has 96 valence electrons. The van der Waals surface area contributed by atoms with Crippen LogP contribution in [0.4, 0.5) is 0 Å². The molecule has 0 aliphatic rings. The number of fused-ring (bicyclic) bond motifs is 1. The fourth-order valence-electron chi connectivity index (χ4n) is 2.18. The molecule has 2 aromatic heterocycles. The molecule has 0 saturated carbocycles. The highest BCUT2D eigenvalue weighted by atomic mass is 16.3. The Morgan fingerprint density at radius 2 is 2.05 bits per heavy atom. The second-order valence-corrected chi connectivity index (χ2v) is 4.71. The minimum Gasteiger partial charge on any atom is -0.469 e. The highest BCUT2D eigenvalue weighted by molar-refractivity contribution is 5.78. The fraction of sp³-hybridized carbons (Fsp3) is 0.188. The zero-order chi connectivity index (χ0) is 13.2. The standard InChI is InChI=1S/C16H15NO2/c1-11-8-13(10-19-11)16(18)9-14-7-6-12-4-2-3-5-15(12)17-14/h2-8,10,16,18H,9H2,1H3. The van der Waals surface area contributed by atoms with Crippen LogP contribution in [0.25, 0.3) is 10.9 Å². The van der Waals surface area contributed by atoms with Crippen molar-refractivity contribution in [1.29, 1.82) is 0 Å². The van der Waals surface area contributed by atoms with E-state index in [0.29, 0.717) is 6.42 Å². The lowest BCUT2D eigenvalue weighted by atomic mass is 10.1. The zero-order valence-corrected chi connectivity index (χ0v) is 10.7. The van der Waals surface area contributed by atoms with Gasteiger partial charge in [-0.15, -0.1) is 0 Å². The normalized spacial score (nSPS) is 12.7.